The zero-order valence-corrected chi connectivity index (χ0v) is 10.6. The average molecular weight is 269 g/mol. The Morgan fingerprint density at radius 1 is 1.29 bits per heavy atom. The van der Waals surface area contributed by atoms with Gasteiger partial charge in [0.05, 0.1) is 15.6 Å². The van der Waals surface area contributed by atoms with Crippen LogP contribution in [-0.2, 0) is 0 Å². The molecule has 2 aromatic rings. The number of halogens is 2. The molecule has 1 atom stereocenters. The normalized spacial score (nSPS) is 19.2. The van der Waals surface area contributed by atoms with Crippen LogP contribution in [0.4, 0.5) is 0 Å². The molecule has 0 spiro atoms. The van der Waals surface area contributed by atoms with Crippen LogP contribution < -0.4 is 5.32 Å². The molecule has 0 bridgehead atoms. The van der Waals surface area contributed by atoms with Crippen molar-refractivity contribution >= 4 is 40.0 Å². The number of nitrogens with zero attached hydrogens (tertiary/aromatic N) is 1. The molecule has 1 aromatic heterocycles. The van der Waals surface area contributed by atoms with E-state index in [1.807, 2.05) is 16.7 Å². The number of amides is 1. The SMILES string of the molecule is CC1CNC(=O)c2cc3cc(Cl)c(Cl)cc3n21. The van der Waals surface area contributed by atoms with Gasteiger partial charge in [0.1, 0.15) is 5.69 Å². The summed E-state index contributed by atoms with van der Waals surface area (Å²) in [6, 6.07) is 5.68. The van der Waals surface area contributed by atoms with E-state index in [1.54, 1.807) is 6.07 Å². The summed E-state index contributed by atoms with van der Waals surface area (Å²) in [5.74, 6) is -0.0495. The van der Waals surface area contributed by atoms with Gasteiger partial charge in [0.25, 0.3) is 5.91 Å². The zero-order chi connectivity index (χ0) is 12.2. The molecule has 1 unspecified atom stereocenters. The lowest BCUT2D eigenvalue weighted by molar-refractivity contribution is 0.0919. The third kappa shape index (κ3) is 1.53. The Morgan fingerprint density at radius 3 is 2.76 bits per heavy atom. The maximum Gasteiger partial charge on any atom is 0.268 e. The highest BCUT2D eigenvalue weighted by atomic mass is 35.5. The summed E-state index contributed by atoms with van der Waals surface area (Å²) in [7, 11) is 0. The lowest BCUT2D eigenvalue weighted by atomic mass is 10.2. The Bertz CT molecular complexity index is 633. The van der Waals surface area contributed by atoms with Gasteiger partial charge in [-0.15, -0.1) is 0 Å². The predicted octanol–water partition coefficient (Wildman–Crippen LogP) is 3.25. The quantitative estimate of drug-likeness (QED) is 0.782. The summed E-state index contributed by atoms with van der Waals surface area (Å²) in [5, 5.41) is 4.82. The van der Waals surface area contributed by atoms with Gasteiger partial charge in [-0.2, -0.15) is 0 Å². The highest BCUT2D eigenvalue weighted by Gasteiger charge is 2.24. The van der Waals surface area contributed by atoms with Crippen molar-refractivity contribution in [3.63, 3.8) is 0 Å². The van der Waals surface area contributed by atoms with Gasteiger partial charge in [-0.3, -0.25) is 4.79 Å². The van der Waals surface area contributed by atoms with Crippen LogP contribution in [0.5, 0.6) is 0 Å². The van der Waals surface area contributed by atoms with Gasteiger partial charge in [0.2, 0.25) is 0 Å². The maximum atomic E-state index is 11.8. The number of carbonyl (C=O) groups excluding carboxylic acids is 1. The minimum Gasteiger partial charge on any atom is -0.349 e. The number of carbonyl (C=O) groups is 1. The van der Waals surface area contributed by atoms with Gasteiger partial charge in [-0.05, 0) is 25.1 Å². The first-order chi connectivity index (χ1) is 8.08. The van der Waals surface area contributed by atoms with Crippen LogP contribution in [-0.4, -0.2) is 17.0 Å². The Morgan fingerprint density at radius 2 is 2.00 bits per heavy atom. The van der Waals surface area contributed by atoms with Crippen LogP contribution in [0, 0.1) is 0 Å². The number of fused-ring (bicyclic) bond motifs is 3. The fourth-order valence-corrected chi connectivity index (χ4v) is 2.62. The van der Waals surface area contributed by atoms with Gasteiger partial charge in [-0.25, -0.2) is 0 Å². The van der Waals surface area contributed by atoms with Crippen molar-refractivity contribution in [3.8, 4) is 0 Å². The minimum atomic E-state index is -0.0495. The number of hydrogen-bond donors (Lipinski definition) is 1. The van der Waals surface area contributed by atoms with E-state index in [9.17, 15) is 4.79 Å². The van der Waals surface area contributed by atoms with Crippen molar-refractivity contribution in [2.24, 2.45) is 0 Å². The number of rotatable bonds is 0. The monoisotopic (exact) mass is 268 g/mol. The first kappa shape index (κ1) is 10.9. The molecule has 0 radical (unpaired) electrons. The Balaban J connectivity index is 2.38. The molecule has 2 heterocycles. The maximum absolute atomic E-state index is 11.8. The number of nitrogens with one attached hydrogen (secondary N) is 1. The molecule has 1 aromatic carbocycles. The Kier molecular flexibility index (Phi) is 2.35. The van der Waals surface area contributed by atoms with Crippen LogP contribution in [0.25, 0.3) is 10.9 Å². The van der Waals surface area contributed by atoms with Gasteiger partial charge < -0.3 is 9.88 Å². The first-order valence-corrected chi connectivity index (χ1v) is 6.11. The highest BCUT2D eigenvalue weighted by Crippen LogP contribution is 2.32. The van der Waals surface area contributed by atoms with Gasteiger partial charge in [0, 0.05) is 18.0 Å². The van der Waals surface area contributed by atoms with Crippen molar-refractivity contribution in [1.82, 2.24) is 9.88 Å². The van der Waals surface area contributed by atoms with Gasteiger partial charge >= 0.3 is 0 Å². The van der Waals surface area contributed by atoms with E-state index in [4.69, 9.17) is 23.2 Å². The lowest BCUT2D eigenvalue weighted by Gasteiger charge is -2.24. The van der Waals surface area contributed by atoms with Crippen LogP contribution in [0.1, 0.15) is 23.5 Å². The van der Waals surface area contributed by atoms with E-state index in [1.165, 1.54) is 0 Å². The van der Waals surface area contributed by atoms with Crippen molar-refractivity contribution in [2.75, 3.05) is 6.54 Å². The lowest BCUT2D eigenvalue weighted by Crippen LogP contribution is -2.37. The molecule has 0 aliphatic carbocycles. The predicted molar refractivity (Wildman–Crippen MR) is 69.0 cm³/mol. The van der Waals surface area contributed by atoms with E-state index < -0.39 is 0 Å². The van der Waals surface area contributed by atoms with E-state index in [2.05, 4.69) is 12.2 Å². The largest absolute Gasteiger partial charge is 0.349 e. The number of benzene rings is 1. The topological polar surface area (TPSA) is 34.0 Å². The minimum absolute atomic E-state index is 0.0495. The van der Waals surface area contributed by atoms with E-state index in [0.717, 1.165) is 10.9 Å². The Hall–Kier alpha value is -1.19. The summed E-state index contributed by atoms with van der Waals surface area (Å²) in [6.07, 6.45) is 0. The summed E-state index contributed by atoms with van der Waals surface area (Å²) < 4.78 is 2.01. The fraction of sp³-hybridized carbons (Fsp3) is 0.250. The van der Waals surface area contributed by atoms with Crippen LogP contribution in [0.2, 0.25) is 10.0 Å². The molecule has 3 nitrogen and oxygen atoms in total. The molecule has 1 N–H and O–H groups in total. The second-order valence-corrected chi connectivity index (χ2v) is 5.10. The summed E-state index contributed by atoms with van der Waals surface area (Å²) >= 11 is 12.0. The molecule has 1 aliphatic rings. The standard InChI is InChI=1S/C12H10Cl2N2O/c1-6-5-15-12(17)11-3-7-2-8(13)9(14)4-10(7)16(6)11/h2-4,6H,5H2,1H3,(H,15,17). The van der Waals surface area contributed by atoms with Crippen molar-refractivity contribution in [3.05, 3.63) is 33.9 Å². The first-order valence-electron chi connectivity index (χ1n) is 5.36. The smallest absolute Gasteiger partial charge is 0.268 e. The van der Waals surface area contributed by atoms with Crippen molar-refractivity contribution < 1.29 is 4.79 Å². The molecule has 5 heteroatoms. The van der Waals surface area contributed by atoms with E-state index in [-0.39, 0.29) is 11.9 Å². The highest BCUT2D eigenvalue weighted by molar-refractivity contribution is 6.42. The molecule has 17 heavy (non-hydrogen) atoms. The van der Waals surface area contributed by atoms with Crippen LogP contribution in [0.3, 0.4) is 0 Å². The molecule has 3 rings (SSSR count). The summed E-state index contributed by atoms with van der Waals surface area (Å²) in [5.41, 5.74) is 1.62. The average Bonchev–Trinajstić information content (AvgIpc) is 2.64. The van der Waals surface area contributed by atoms with Crippen molar-refractivity contribution in [1.29, 1.82) is 0 Å². The summed E-state index contributed by atoms with van der Waals surface area (Å²) in [6.45, 7) is 2.70. The number of hydrogen-bond acceptors (Lipinski definition) is 1. The van der Waals surface area contributed by atoms with E-state index >= 15 is 0 Å². The van der Waals surface area contributed by atoms with Gasteiger partial charge in [0.15, 0.2) is 0 Å². The molecule has 0 fully saturated rings. The zero-order valence-electron chi connectivity index (χ0n) is 9.13. The number of aromatic nitrogens is 1. The molecule has 88 valence electrons. The molecule has 0 saturated carbocycles. The molecule has 1 amide bonds. The molecule has 0 saturated heterocycles. The molecular weight excluding hydrogens is 259 g/mol. The summed E-state index contributed by atoms with van der Waals surface area (Å²) in [4.78, 5) is 11.8. The molecular formula is C12H10Cl2N2O. The third-order valence-corrected chi connectivity index (χ3v) is 3.83. The third-order valence-electron chi connectivity index (χ3n) is 3.11. The fourth-order valence-electron chi connectivity index (χ4n) is 2.29. The van der Waals surface area contributed by atoms with Crippen LogP contribution in [0.15, 0.2) is 18.2 Å². The van der Waals surface area contributed by atoms with E-state index in [0.29, 0.717) is 22.3 Å². The Labute approximate surface area is 108 Å². The van der Waals surface area contributed by atoms with Crippen molar-refractivity contribution in [2.45, 2.75) is 13.0 Å². The molecule has 1 aliphatic heterocycles. The second-order valence-electron chi connectivity index (χ2n) is 4.28. The van der Waals surface area contributed by atoms with Crippen LogP contribution >= 0.6 is 23.2 Å². The second kappa shape index (κ2) is 3.65. The van der Waals surface area contributed by atoms with Gasteiger partial charge in [-0.1, -0.05) is 23.2 Å².